The number of unbranched alkanes of at least 4 members (excludes halogenated alkanes) is 25. The van der Waals surface area contributed by atoms with Crippen LogP contribution in [0.4, 0.5) is 0 Å². The van der Waals surface area contributed by atoms with Gasteiger partial charge in [-0.2, -0.15) is 0 Å². The van der Waals surface area contributed by atoms with Gasteiger partial charge in [0.25, 0.3) is 0 Å². The van der Waals surface area contributed by atoms with Crippen molar-refractivity contribution < 1.29 is 28.6 Å². The minimum Gasteiger partial charge on any atom is -0.462 e. The molecule has 0 radical (unpaired) electrons. The highest BCUT2D eigenvalue weighted by atomic mass is 16.6. The molecular weight excluding hydrogens is 829 g/mol. The molecule has 0 aromatic heterocycles. The molecule has 0 bridgehead atoms. The molecule has 0 amide bonds. The molecule has 0 fully saturated rings. The summed E-state index contributed by atoms with van der Waals surface area (Å²) in [5, 5.41) is 0. The van der Waals surface area contributed by atoms with E-state index in [1.54, 1.807) is 0 Å². The van der Waals surface area contributed by atoms with E-state index < -0.39 is 6.10 Å². The molecule has 0 aliphatic heterocycles. The summed E-state index contributed by atoms with van der Waals surface area (Å²) in [4.78, 5) is 38.1. The fourth-order valence-electron chi connectivity index (χ4n) is 7.46. The fourth-order valence-corrected chi connectivity index (χ4v) is 7.46. The van der Waals surface area contributed by atoms with E-state index in [2.05, 4.69) is 99.8 Å². The Morgan fingerprint density at radius 1 is 0.328 bits per heavy atom. The summed E-state index contributed by atoms with van der Waals surface area (Å²) in [5.74, 6) is -0.986. The molecule has 0 rings (SSSR count). The third kappa shape index (κ3) is 53.2. The normalized spacial score (nSPS) is 12.8. The molecule has 1 unspecified atom stereocenters. The van der Waals surface area contributed by atoms with Crippen LogP contribution >= 0.6 is 0 Å². The third-order valence-corrected chi connectivity index (χ3v) is 11.6. The SMILES string of the molecule is CC\C=C/C=C\C=C/C=C\CCCCCCCC(=O)OCC(COC(=O)CCC/C=C\C/C=C\C/C=C\CCCCCCCC)OC(=O)CCCCCCCCC/C=C\CCCCCCCC. The number of ether oxygens (including phenoxy) is 3. The molecule has 6 heteroatoms. The van der Waals surface area contributed by atoms with E-state index in [1.807, 2.05) is 18.2 Å². The van der Waals surface area contributed by atoms with Crippen LogP contribution in [0.1, 0.15) is 252 Å². The summed E-state index contributed by atoms with van der Waals surface area (Å²) in [6.45, 7) is 6.43. The van der Waals surface area contributed by atoms with Gasteiger partial charge in [0, 0.05) is 19.3 Å². The summed E-state index contributed by atoms with van der Waals surface area (Å²) in [6.07, 6.45) is 72.5. The number of rotatable bonds is 49. The van der Waals surface area contributed by atoms with Gasteiger partial charge >= 0.3 is 17.9 Å². The van der Waals surface area contributed by atoms with Crippen molar-refractivity contribution in [3.8, 4) is 0 Å². The molecular formula is C61H102O6. The highest BCUT2D eigenvalue weighted by Crippen LogP contribution is 2.14. The molecule has 0 aromatic rings. The molecule has 0 saturated heterocycles. The predicted molar refractivity (Wildman–Crippen MR) is 288 cm³/mol. The minimum absolute atomic E-state index is 0.108. The number of allylic oxidation sites excluding steroid dienone is 16. The van der Waals surface area contributed by atoms with Gasteiger partial charge in [-0.3, -0.25) is 14.4 Å². The summed E-state index contributed by atoms with van der Waals surface area (Å²) in [6, 6.07) is 0. The minimum atomic E-state index is -0.811. The third-order valence-electron chi connectivity index (χ3n) is 11.6. The van der Waals surface area contributed by atoms with Crippen molar-refractivity contribution in [2.24, 2.45) is 0 Å². The van der Waals surface area contributed by atoms with Gasteiger partial charge in [0.1, 0.15) is 13.2 Å². The van der Waals surface area contributed by atoms with Gasteiger partial charge in [-0.15, -0.1) is 0 Å². The van der Waals surface area contributed by atoms with Crippen LogP contribution in [0, 0.1) is 0 Å². The topological polar surface area (TPSA) is 78.9 Å². The first kappa shape index (κ1) is 63.3. The second-order valence-electron chi connectivity index (χ2n) is 18.2. The van der Waals surface area contributed by atoms with Crippen molar-refractivity contribution in [1.29, 1.82) is 0 Å². The van der Waals surface area contributed by atoms with Crippen LogP contribution in [0.5, 0.6) is 0 Å². The van der Waals surface area contributed by atoms with Crippen molar-refractivity contribution in [3.63, 3.8) is 0 Å². The first-order chi connectivity index (χ1) is 33.0. The maximum Gasteiger partial charge on any atom is 0.306 e. The number of esters is 3. The van der Waals surface area contributed by atoms with E-state index in [1.165, 1.54) is 122 Å². The highest BCUT2D eigenvalue weighted by molar-refractivity contribution is 5.71. The lowest BCUT2D eigenvalue weighted by molar-refractivity contribution is -0.167. The second-order valence-corrected chi connectivity index (χ2v) is 18.2. The molecule has 0 aromatic carbocycles. The zero-order valence-corrected chi connectivity index (χ0v) is 43.6. The standard InChI is InChI=1S/C61H102O6/c1-4-7-10-13-16-19-22-25-28-30-33-36-39-42-45-48-51-54-60(63)66-57-58(56-65-59(62)53-50-47-44-41-38-35-32-27-24-21-18-15-12-9-6-3)67-61(64)55-52-49-46-43-40-37-34-31-29-26-23-20-17-14-11-8-5-2/h9,12,15,18,21,24-29,32-33,36,42,45,58H,4-8,10-11,13-14,16-17,19-20,22-23,30-31,34-35,37-41,43-44,46-57H2,1-3H3/b12-9-,18-15-,24-21-,28-25-,29-26-,32-27-,36-33-,45-42-. The van der Waals surface area contributed by atoms with Crippen molar-refractivity contribution in [1.82, 2.24) is 0 Å². The van der Waals surface area contributed by atoms with Crippen molar-refractivity contribution in [2.75, 3.05) is 13.2 Å². The van der Waals surface area contributed by atoms with Gasteiger partial charge < -0.3 is 14.2 Å². The van der Waals surface area contributed by atoms with Crippen LogP contribution in [0.15, 0.2) is 97.2 Å². The maximum atomic E-state index is 12.8. The van der Waals surface area contributed by atoms with E-state index in [0.717, 1.165) is 83.5 Å². The summed E-state index contributed by atoms with van der Waals surface area (Å²) < 4.78 is 16.8. The Kier molecular flexibility index (Phi) is 51.9. The smallest absolute Gasteiger partial charge is 0.306 e. The Hall–Kier alpha value is -3.67. The average Bonchev–Trinajstić information content (AvgIpc) is 3.33. The first-order valence-corrected chi connectivity index (χ1v) is 27.8. The van der Waals surface area contributed by atoms with Gasteiger partial charge in [-0.05, 0) is 96.3 Å². The number of carbonyl (C=O) groups excluding carboxylic acids is 3. The lowest BCUT2D eigenvalue weighted by Crippen LogP contribution is -2.30. The van der Waals surface area contributed by atoms with Gasteiger partial charge in [0.2, 0.25) is 0 Å². The van der Waals surface area contributed by atoms with Crippen molar-refractivity contribution in [3.05, 3.63) is 97.2 Å². The van der Waals surface area contributed by atoms with Gasteiger partial charge in [-0.25, -0.2) is 0 Å². The molecule has 0 saturated carbocycles. The molecule has 1 atom stereocenters. The first-order valence-electron chi connectivity index (χ1n) is 27.8. The Morgan fingerprint density at radius 3 is 1.12 bits per heavy atom. The van der Waals surface area contributed by atoms with Gasteiger partial charge in [0.05, 0.1) is 0 Å². The Balaban J connectivity index is 4.51. The monoisotopic (exact) mass is 931 g/mol. The summed E-state index contributed by atoms with van der Waals surface area (Å²) in [7, 11) is 0. The van der Waals surface area contributed by atoms with Crippen LogP contribution in [0.3, 0.4) is 0 Å². The van der Waals surface area contributed by atoms with E-state index >= 15 is 0 Å². The molecule has 0 N–H and O–H groups in total. The quantitative estimate of drug-likeness (QED) is 0.0199. The Labute approximate surface area is 413 Å². The van der Waals surface area contributed by atoms with Crippen LogP contribution in [0.2, 0.25) is 0 Å². The predicted octanol–water partition coefficient (Wildman–Crippen LogP) is 18.5. The maximum absolute atomic E-state index is 12.8. The van der Waals surface area contributed by atoms with Crippen LogP contribution in [-0.4, -0.2) is 37.2 Å². The molecule has 0 aliphatic rings. The summed E-state index contributed by atoms with van der Waals surface area (Å²) in [5.41, 5.74) is 0. The molecule has 6 nitrogen and oxygen atoms in total. The zero-order chi connectivity index (χ0) is 48.6. The number of hydrogen-bond acceptors (Lipinski definition) is 6. The number of hydrogen-bond donors (Lipinski definition) is 0. The largest absolute Gasteiger partial charge is 0.462 e. The molecule has 0 aliphatic carbocycles. The Morgan fingerprint density at radius 2 is 0.657 bits per heavy atom. The van der Waals surface area contributed by atoms with Gasteiger partial charge in [-0.1, -0.05) is 234 Å². The Bertz CT molecular complexity index is 1350. The number of carbonyl (C=O) groups is 3. The van der Waals surface area contributed by atoms with E-state index in [0.29, 0.717) is 19.3 Å². The molecule has 67 heavy (non-hydrogen) atoms. The zero-order valence-electron chi connectivity index (χ0n) is 43.6. The van der Waals surface area contributed by atoms with Gasteiger partial charge in [0.15, 0.2) is 6.10 Å². The van der Waals surface area contributed by atoms with Crippen molar-refractivity contribution in [2.45, 2.75) is 258 Å². The lowest BCUT2D eigenvalue weighted by Gasteiger charge is -2.18. The van der Waals surface area contributed by atoms with Crippen LogP contribution in [0.25, 0.3) is 0 Å². The highest BCUT2D eigenvalue weighted by Gasteiger charge is 2.19. The molecule has 0 spiro atoms. The van der Waals surface area contributed by atoms with E-state index in [-0.39, 0.29) is 37.5 Å². The summed E-state index contributed by atoms with van der Waals surface area (Å²) >= 11 is 0. The van der Waals surface area contributed by atoms with E-state index in [4.69, 9.17) is 14.2 Å². The van der Waals surface area contributed by atoms with Crippen LogP contribution in [-0.2, 0) is 28.6 Å². The molecule has 0 heterocycles. The van der Waals surface area contributed by atoms with E-state index in [9.17, 15) is 14.4 Å². The van der Waals surface area contributed by atoms with Crippen molar-refractivity contribution >= 4 is 17.9 Å². The average molecular weight is 931 g/mol. The molecule has 382 valence electrons. The second kappa shape index (κ2) is 54.9. The fraction of sp³-hybridized carbons (Fsp3) is 0.689. The van der Waals surface area contributed by atoms with Crippen LogP contribution < -0.4 is 0 Å². The lowest BCUT2D eigenvalue weighted by atomic mass is 10.1.